The number of hydrogen-bond donors (Lipinski definition) is 1. The highest BCUT2D eigenvalue weighted by Gasteiger charge is 2.30. The Bertz CT molecular complexity index is 772. The zero-order valence-electron chi connectivity index (χ0n) is 13.6. The highest BCUT2D eigenvalue weighted by atomic mass is 127. The van der Waals surface area contributed by atoms with Crippen LogP contribution >= 0.6 is 34.2 Å². The smallest absolute Gasteiger partial charge is 0.267 e. The molecule has 0 fully saturated rings. The summed E-state index contributed by atoms with van der Waals surface area (Å²) in [5.41, 5.74) is 2.96. The molecule has 0 aliphatic heterocycles. The number of carbonyl (C=O) groups excluding carboxylic acids is 2. The van der Waals surface area contributed by atoms with Gasteiger partial charge in [0.15, 0.2) is 0 Å². The quantitative estimate of drug-likeness (QED) is 0.533. The highest BCUT2D eigenvalue weighted by molar-refractivity contribution is 14.1. The second-order valence-electron chi connectivity index (χ2n) is 6.21. The van der Waals surface area contributed by atoms with E-state index in [0.29, 0.717) is 16.1 Å². The number of hydrogen-bond acceptors (Lipinski definition) is 2. The van der Waals surface area contributed by atoms with Gasteiger partial charge in [-0.3, -0.25) is 15.0 Å². The van der Waals surface area contributed by atoms with Crippen molar-refractivity contribution in [2.45, 2.75) is 26.3 Å². The Morgan fingerprint density at radius 3 is 2.08 bits per heavy atom. The lowest BCUT2D eigenvalue weighted by Gasteiger charge is -2.35. The maximum absolute atomic E-state index is 12.9. The Hall–Kier alpha value is -1.60. The summed E-state index contributed by atoms with van der Waals surface area (Å²) in [6.07, 6.45) is 0. The normalized spacial score (nSPS) is 11.0. The molecule has 1 N–H and O–H groups in total. The van der Waals surface area contributed by atoms with Crippen LogP contribution < -0.4 is 5.43 Å². The van der Waals surface area contributed by atoms with E-state index in [0.717, 1.165) is 3.57 Å². The van der Waals surface area contributed by atoms with E-state index in [4.69, 9.17) is 11.6 Å². The van der Waals surface area contributed by atoms with Gasteiger partial charge in [0, 0.05) is 3.57 Å². The molecule has 0 spiro atoms. The third-order valence-electron chi connectivity index (χ3n) is 3.31. The van der Waals surface area contributed by atoms with Crippen LogP contribution in [0.3, 0.4) is 0 Å². The molecule has 2 aromatic rings. The first-order chi connectivity index (χ1) is 11.2. The molecule has 0 bridgehead atoms. The van der Waals surface area contributed by atoms with Gasteiger partial charge in [0.25, 0.3) is 11.8 Å². The molecule has 0 aliphatic carbocycles. The second-order valence-corrected chi connectivity index (χ2v) is 7.78. The van der Waals surface area contributed by atoms with E-state index in [2.05, 4.69) is 28.0 Å². The summed E-state index contributed by atoms with van der Waals surface area (Å²) in [7, 11) is 0. The molecule has 6 heteroatoms. The average Bonchev–Trinajstić information content (AvgIpc) is 2.51. The van der Waals surface area contributed by atoms with Crippen molar-refractivity contribution in [3.63, 3.8) is 0 Å². The van der Waals surface area contributed by atoms with E-state index in [1.807, 2.05) is 32.9 Å². The lowest BCUT2D eigenvalue weighted by Crippen LogP contribution is -2.56. The number of rotatable bonds is 2. The maximum Gasteiger partial charge on any atom is 0.274 e. The SMILES string of the molecule is CC(C)(C)N(NC(=O)c1ccccc1I)C(=O)c1ccccc1Cl. The number of nitrogens with one attached hydrogen (secondary N) is 1. The topological polar surface area (TPSA) is 49.4 Å². The molecule has 126 valence electrons. The number of halogens is 2. The molecule has 0 unspecified atom stereocenters. The third kappa shape index (κ3) is 4.27. The molecule has 2 aromatic carbocycles. The Labute approximate surface area is 160 Å². The lowest BCUT2D eigenvalue weighted by molar-refractivity contribution is 0.0358. The van der Waals surface area contributed by atoms with Gasteiger partial charge in [0.1, 0.15) is 0 Å². The van der Waals surface area contributed by atoms with Gasteiger partial charge in [0.05, 0.1) is 21.7 Å². The third-order valence-corrected chi connectivity index (χ3v) is 4.58. The van der Waals surface area contributed by atoms with Gasteiger partial charge in [-0.25, -0.2) is 5.01 Å². The molecule has 2 rings (SSSR count). The summed E-state index contributed by atoms with van der Waals surface area (Å²) < 4.78 is 0.812. The van der Waals surface area contributed by atoms with Crippen LogP contribution in [-0.2, 0) is 0 Å². The molecular formula is C18H18ClIN2O2. The fourth-order valence-electron chi connectivity index (χ4n) is 2.09. The van der Waals surface area contributed by atoms with E-state index in [1.165, 1.54) is 5.01 Å². The van der Waals surface area contributed by atoms with Crippen molar-refractivity contribution in [2.75, 3.05) is 0 Å². The van der Waals surface area contributed by atoms with Crippen LogP contribution in [0.25, 0.3) is 0 Å². The van der Waals surface area contributed by atoms with Crippen LogP contribution in [0.1, 0.15) is 41.5 Å². The van der Waals surface area contributed by atoms with Crippen LogP contribution in [0.5, 0.6) is 0 Å². The highest BCUT2D eigenvalue weighted by Crippen LogP contribution is 2.21. The Kier molecular flexibility index (Phi) is 5.87. The molecule has 0 aromatic heterocycles. The van der Waals surface area contributed by atoms with Gasteiger partial charge in [-0.2, -0.15) is 0 Å². The van der Waals surface area contributed by atoms with E-state index in [-0.39, 0.29) is 11.8 Å². The van der Waals surface area contributed by atoms with Gasteiger partial charge in [0.2, 0.25) is 0 Å². The summed E-state index contributed by atoms with van der Waals surface area (Å²) in [5.74, 6) is -0.692. The van der Waals surface area contributed by atoms with Crippen LogP contribution in [-0.4, -0.2) is 22.4 Å². The molecule has 24 heavy (non-hydrogen) atoms. The van der Waals surface area contributed by atoms with E-state index < -0.39 is 5.54 Å². The van der Waals surface area contributed by atoms with Gasteiger partial charge in [-0.1, -0.05) is 35.9 Å². The van der Waals surface area contributed by atoms with Crippen LogP contribution in [0.4, 0.5) is 0 Å². The van der Waals surface area contributed by atoms with Crippen LogP contribution in [0, 0.1) is 3.57 Å². The summed E-state index contributed by atoms with van der Waals surface area (Å²) in [6, 6.07) is 14.0. The minimum Gasteiger partial charge on any atom is -0.267 e. The van der Waals surface area contributed by atoms with Gasteiger partial charge in [-0.15, -0.1) is 0 Å². The molecule has 0 saturated carbocycles. The van der Waals surface area contributed by atoms with Crippen molar-refractivity contribution in [2.24, 2.45) is 0 Å². The fraction of sp³-hybridized carbons (Fsp3) is 0.222. The molecule has 0 aliphatic rings. The van der Waals surface area contributed by atoms with Crippen LogP contribution in [0.15, 0.2) is 48.5 Å². The minimum absolute atomic E-state index is 0.338. The molecule has 0 heterocycles. The Morgan fingerprint density at radius 1 is 1.00 bits per heavy atom. The summed E-state index contributed by atoms with van der Waals surface area (Å²) in [5, 5.41) is 1.67. The standard InChI is InChI=1S/C18H18ClIN2O2/c1-18(2,3)22(17(24)12-8-4-6-10-14(12)19)21-16(23)13-9-5-7-11-15(13)20/h4-11H,1-3H3,(H,21,23). The summed E-state index contributed by atoms with van der Waals surface area (Å²) in [4.78, 5) is 25.5. The summed E-state index contributed by atoms with van der Waals surface area (Å²) >= 11 is 8.22. The molecule has 0 atom stereocenters. The summed E-state index contributed by atoms with van der Waals surface area (Å²) in [6.45, 7) is 5.54. The average molecular weight is 457 g/mol. The van der Waals surface area contributed by atoms with Gasteiger partial charge < -0.3 is 0 Å². The number of amides is 2. The number of hydrazine groups is 1. The number of benzene rings is 2. The first kappa shape index (κ1) is 18.7. The van der Waals surface area contributed by atoms with Crippen LogP contribution in [0.2, 0.25) is 5.02 Å². The second kappa shape index (κ2) is 7.53. The molecule has 0 saturated heterocycles. The first-order valence-corrected chi connectivity index (χ1v) is 8.82. The van der Waals surface area contributed by atoms with Crippen molar-refractivity contribution in [3.05, 3.63) is 68.3 Å². The van der Waals surface area contributed by atoms with Crippen molar-refractivity contribution >= 4 is 46.0 Å². The fourth-order valence-corrected chi connectivity index (χ4v) is 2.93. The molecule has 2 amide bonds. The number of nitrogens with zero attached hydrogens (tertiary/aromatic N) is 1. The molecular weight excluding hydrogens is 439 g/mol. The Balaban J connectivity index is 2.34. The van der Waals surface area contributed by atoms with E-state index >= 15 is 0 Å². The first-order valence-electron chi connectivity index (χ1n) is 7.36. The monoisotopic (exact) mass is 456 g/mol. The van der Waals surface area contributed by atoms with Crippen molar-refractivity contribution in [3.8, 4) is 0 Å². The Morgan fingerprint density at radius 2 is 1.54 bits per heavy atom. The van der Waals surface area contributed by atoms with Crippen molar-refractivity contribution in [1.82, 2.24) is 10.4 Å². The molecule has 4 nitrogen and oxygen atoms in total. The van der Waals surface area contributed by atoms with Crippen molar-refractivity contribution < 1.29 is 9.59 Å². The zero-order valence-corrected chi connectivity index (χ0v) is 16.6. The molecule has 0 radical (unpaired) electrons. The van der Waals surface area contributed by atoms with Crippen molar-refractivity contribution in [1.29, 1.82) is 0 Å². The van der Waals surface area contributed by atoms with Gasteiger partial charge in [-0.05, 0) is 67.6 Å². The van der Waals surface area contributed by atoms with Gasteiger partial charge >= 0.3 is 0 Å². The zero-order chi connectivity index (χ0) is 17.9. The predicted molar refractivity (Wildman–Crippen MR) is 104 cm³/mol. The largest absolute Gasteiger partial charge is 0.274 e. The lowest BCUT2D eigenvalue weighted by atomic mass is 10.1. The minimum atomic E-state index is -0.619. The van der Waals surface area contributed by atoms with E-state index in [1.54, 1.807) is 36.4 Å². The maximum atomic E-state index is 12.9. The number of carbonyl (C=O) groups is 2. The van der Waals surface area contributed by atoms with E-state index in [9.17, 15) is 9.59 Å². The predicted octanol–water partition coefficient (Wildman–Crippen LogP) is 4.53.